The van der Waals surface area contributed by atoms with Gasteiger partial charge in [-0.3, -0.25) is 4.98 Å². The highest BCUT2D eigenvalue weighted by Gasteiger charge is 2.24. The van der Waals surface area contributed by atoms with Crippen LogP contribution in [0.2, 0.25) is 5.02 Å². The summed E-state index contributed by atoms with van der Waals surface area (Å²) >= 11 is 5.97. The second kappa shape index (κ2) is 10.0. The van der Waals surface area contributed by atoms with Gasteiger partial charge < -0.3 is 25.0 Å². The number of ether oxygens (including phenoxy) is 1. The van der Waals surface area contributed by atoms with Crippen molar-refractivity contribution in [2.24, 2.45) is 0 Å². The van der Waals surface area contributed by atoms with Crippen LogP contribution < -0.4 is 15.0 Å². The van der Waals surface area contributed by atoms with Gasteiger partial charge in [-0.2, -0.15) is 0 Å². The number of aryl methyl sites for hydroxylation is 1. The van der Waals surface area contributed by atoms with Crippen LogP contribution in [0.3, 0.4) is 0 Å². The zero-order valence-electron chi connectivity index (χ0n) is 19.5. The van der Waals surface area contributed by atoms with Crippen LogP contribution in [0.1, 0.15) is 29.9 Å². The second-order valence-corrected chi connectivity index (χ2v) is 8.69. The topological polar surface area (TPSA) is 77.9 Å². The maximum Gasteiger partial charge on any atom is 0.339 e. The van der Waals surface area contributed by atoms with Crippen LogP contribution in [-0.2, 0) is 6.42 Å². The number of carboxylic acid groups (broad SMARTS) is 1. The molecule has 0 saturated carbocycles. The highest BCUT2D eigenvalue weighted by Crippen LogP contribution is 2.39. The van der Waals surface area contributed by atoms with Gasteiger partial charge in [-0.1, -0.05) is 18.5 Å². The minimum atomic E-state index is -1.09. The van der Waals surface area contributed by atoms with Crippen molar-refractivity contribution in [1.29, 1.82) is 0 Å². The Hall–Kier alpha value is -3.10. The first-order valence-corrected chi connectivity index (χ1v) is 11.7. The lowest BCUT2D eigenvalue weighted by Crippen LogP contribution is -2.44. The van der Waals surface area contributed by atoms with Crippen molar-refractivity contribution >= 4 is 45.5 Å². The number of nitrogens with zero attached hydrogens (tertiary/aromatic N) is 3. The lowest BCUT2D eigenvalue weighted by molar-refractivity contribution is 0.0696. The van der Waals surface area contributed by atoms with E-state index in [9.17, 15) is 14.3 Å². The quantitative estimate of drug-likeness (QED) is 0.476. The molecule has 2 heterocycles. The molecule has 1 aliphatic heterocycles. The molecule has 0 amide bonds. The van der Waals surface area contributed by atoms with E-state index in [0.29, 0.717) is 46.7 Å². The minimum Gasteiger partial charge on any atom is -0.492 e. The monoisotopic (exact) mass is 486 g/mol. The van der Waals surface area contributed by atoms with E-state index >= 15 is 0 Å². The Bertz CT molecular complexity index is 1230. The number of likely N-dealkylation sites (N-methyl/N-ethyl adjacent to an activating group) is 1. The average molecular weight is 487 g/mol. The smallest absolute Gasteiger partial charge is 0.339 e. The maximum absolute atomic E-state index is 13.7. The molecule has 3 aromatic rings. The highest BCUT2D eigenvalue weighted by molar-refractivity contribution is 6.31. The fraction of sp³-hybridized carbons (Fsp3) is 0.360. The summed E-state index contributed by atoms with van der Waals surface area (Å²) < 4.78 is 19.7. The van der Waals surface area contributed by atoms with Crippen LogP contribution in [0.25, 0.3) is 10.9 Å². The van der Waals surface area contributed by atoms with E-state index in [2.05, 4.69) is 22.2 Å². The summed E-state index contributed by atoms with van der Waals surface area (Å²) in [6.45, 7) is 7.84. The molecule has 180 valence electrons. The van der Waals surface area contributed by atoms with Gasteiger partial charge in [0, 0.05) is 37.3 Å². The van der Waals surface area contributed by atoms with E-state index in [4.69, 9.17) is 21.3 Å². The Balaban J connectivity index is 1.93. The molecule has 0 radical (unpaired) electrons. The first-order valence-electron chi connectivity index (χ1n) is 11.3. The van der Waals surface area contributed by atoms with Gasteiger partial charge in [0.15, 0.2) is 0 Å². The molecule has 1 fully saturated rings. The number of carboxylic acids is 1. The van der Waals surface area contributed by atoms with Crippen molar-refractivity contribution in [1.82, 2.24) is 9.88 Å². The summed E-state index contributed by atoms with van der Waals surface area (Å²) in [6.07, 6.45) is 0.438. The van der Waals surface area contributed by atoms with Gasteiger partial charge in [0.25, 0.3) is 0 Å². The van der Waals surface area contributed by atoms with Crippen LogP contribution in [0.4, 0.5) is 21.5 Å². The molecule has 0 bridgehead atoms. The van der Waals surface area contributed by atoms with Crippen LogP contribution in [0.15, 0.2) is 30.3 Å². The third-order valence-electron chi connectivity index (χ3n) is 6.02. The zero-order valence-corrected chi connectivity index (χ0v) is 20.2. The first-order chi connectivity index (χ1) is 16.3. The number of anilines is 3. The summed E-state index contributed by atoms with van der Waals surface area (Å²) in [7, 11) is 2.10. The normalized spacial score (nSPS) is 14.4. The molecule has 1 aliphatic rings. The lowest BCUT2D eigenvalue weighted by atomic mass is 10.0. The molecule has 1 saturated heterocycles. The Morgan fingerprint density at radius 1 is 1.21 bits per heavy atom. The molecular formula is C25H28ClFN4O3. The van der Waals surface area contributed by atoms with Crippen molar-refractivity contribution in [3.63, 3.8) is 0 Å². The molecule has 0 aliphatic carbocycles. The predicted octanol–water partition coefficient (Wildman–Crippen LogP) is 5.18. The summed E-state index contributed by atoms with van der Waals surface area (Å²) in [4.78, 5) is 21.6. The largest absolute Gasteiger partial charge is 0.492 e. The van der Waals surface area contributed by atoms with E-state index in [0.717, 1.165) is 31.9 Å². The molecule has 7 nitrogen and oxygen atoms in total. The van der Waals surface area contributed by atoms with Gasteiger partial charge in [0.1, 0.15) is 17.1 Å². The molecule has 9 heteroatoms. The van der Waals surface area contributed by atoms with Crippen LogP contribution in [0, 0.1) is 5.82 Å². The molecular weight excluding hydrogens is 459 g/mol. The van der Waals surface area contributed by atoms with E-state index < -0.39 is 11.8 Å². The number of carbonyl (C=O) groups is 1. The van der Waals surface area contributed by atoms with Crippen molar-refractivity contribution in [3.05, 3.63) is 52.4 Å². The number of rotatable bonds is 7. The summed E-state index contributed by atoms with van der Waals surface area (Å²) in [5.74, 6) is -0.972. The second-order valence-electron chi connectivity index (χ2n) is 8.28. The summed E-state index contributed by atoms with van der Waals surface area (Å²) in [6, 6.07) is 8.01. The number of fused-ring (bicyclic) bond motifs is 1. The van der Waals surface area contributed by atoms with E-state index in [-0.39, 0.29) is 10.6 Å². The minimum absolute atomic E-state index is 0.0525. The fourth-order valence-corrected chi connectivity index (χ4v) is 4.41. The summed E-state index contributed by atoms with van der Waals surface area (Å²) in [5.41, 5.74) is 2.99. The number of halogens is 2. The van der Waals surface area contributed by atoms with E-state index in [1.807, 2.05) is 26.0 Å². The van der Waals surface area contributed by atoms with Gasteiger partial charge in [-0.25, -0.2) is 9.18 Å². The Morgan fingerprint density at radius 2 is 1.94 bits per heavy atom. The Labute approximate surface area is 203 Å². The highest BCUT2D eigenvalue weighted by atomic mass is 35.5. The third-order valence-corrected chi connectivity index (χ3v) is 6.31. The molecule has 34 heavy (non-hydrogen) atoms. The van der Waals surface area contributed by atoms with Crippen molar-refractivity contribution in [3.8, 4) is 5.75 Å². The number of hydrogen-bond donors (Lipinski definition) is 2. The molecule has 4 rings (SSSR count). The summed E-state index contributed by atoms with van der Waals surface area (Å²) in [5, 5.41) is 13.8. The molecule has 0 unspecified atom stereocenters. The number of aromatic nitrogens is 1. The number of benzene rings is 2. The van der Waals surface area contributed by atoms with E-state index in [1.54, 1.807) is 0 Å². The van der Waals surface area contributed by atoms with Crippen molar-refractivity contribution < 1.29 is 19.0 Å². The number of pyridine rings is 1. The Kier molecular flexibility index (Phi) is 7.09. The molecule has 2 N–H and O–H groups in total. The first kappa shape index (κ1) is 24.0. The number of aromatic carboxylic acids is 1. The lowest BCUT2D eigenvalue weighted by Gasteiger charge is -2.35. The van der Waals surface area contributed by atoms with E-state index in [1.165, 1.54) is 18.2 Å². The molecule has 0 spiro atoms. The molecule has 2 aromatic carbocycles. The van der Waals surface area contributed by atoms with Crippen LogP contribution in [0.5, 0.6) is 5.75 Å². The van der Waals surface area contributed by atoms with Gasteiger partial charge in [0.05, 0.1) is 34.2 Å². The van der Waals surface area contributed by atoms with Crippen LogP contribution in [-0.4, -0.2) is 60.8 Å². The maximum atomic E-state index is 13.7. The van der Waals surface area contributed by atoms with Gasteiger partial charge in [-0.15, -0.1) is 0 Å². The zero-order chi connectivity index (χ0) is 24.4. The van der Waals surface area contributed by atoms with Crippen LogP contribution >= 0.6 is 11.6 Å². The third kappa shape index (κ3) is 4.74. The number of piperazine rings is 1. The van der Waals surface area contributed by atoms with Gasteiger partial charge in [-0.05, 0) is 50.7 Å². The van der Waals surface area contributed by atoms with Crippen molar-refractivity contribution in [2.75, 3.05) is 50.1 Å². The fourth-order valence-electron chi connectivity index (χ4n) is 4.23. The number of nitrogens with one attached hydrogen (secondary N) is 1. The average Bonchev–Trinajstić information content (AvgIpc) is 2.81. The van der Waals surface area contributed by atoms with Gasteiger partial charge in [0.2, 0.25) is 0 Å². The molecule has 0 atom stereocenters. The predicted molar refractivity (Wildman–Crippen MR) is 134 cm³/mol. The van der Waals surface area contributed by atoms with Gasteiger partial charge >= 0.3 is 5.97 Å². The molecule has 1 aromatic heterocycles. The van der Waals surface area contributed by atoms with Crippen molar-refractivity contribution in [2.45, 2.75) is 20.3 Å². The SMILES string of the molecule is CCOc1cc2c(Nc3ccc(F)c(Cl)c3)c(C(=O)O)c(CC)nc2cc1N1CCN(C)CC1. The standard InChI is InChI=1S/C25H28ClFN4O3/c1-4-19-23(25(32)33)24(28-15-6-7-18(27)17(26)12-15)16-13-22(34-5-2)21(14-20(16)29-19)31-10-8-30(3)9-11-31/h6-7,12-14H,4-5,8-11H2,1-3H3,(H,28,29)(H,32,33). The Morgan fingerprint density at radius 3 is 2.56 bits per heavy atom. The number of hydrogen-bond acceptors (Lipinski definition) is 6.